The molecule has 1 heterocycles. The molecule has 1 aliphatic heterocycles. The summed E-state index contributed by atoms with van der Waals surface area (Å²) in [6, 6.07) is 0. The summed E-state index contributed by atoms with van der Waals surface area (Å²) in [4.78, 5) is 30.4. The predicted molar refractivity (Wildman–Crippen MR) is 82.2 cm³/mol. The number of amides is 2. The van der Waals surface area contributed by atoms with Crippen molar-refractivity contribution in [3.63, 3.8) is 0 Å². The van der Waals surface area contributed by atoms with E-state index in [2.05, 4.69) is 24.3 Å². The first-order chi connectivity index (χ1) is 10.2. The number of hydrogen-bond acceptors (Lipinski definition) is 4. The van der Waals surface area contributed by atoms with Crippen LogP contribution in [0, 0.1) is 0 Å². The quantitative estimate of drug-likeness (QED) is 0.580. The largest absolute Gasteiger partial charge is 0.435 e. The zero-order valence-electron chi connectivity index (χ0n) is 13.2. The highest BCUT2D eigenvalue weighted by atomic mass is 16.7. The Morgan fingerprint density at radius 2 is 1.90 bits per heavy atom. The molecule has 1 rings (SSSR count). The number of nitrogens with one attached hydrogen (secondary N) is 1. The molecule has 1 fully saturated rings. The summed E-state index contributed by atoms with van der Waals surface area (Å²) in [5.74, 6) is -0.228. The van der Waals surface area contributed by atoms with Crippen LogP contribution < -0.4 is 5.32 Å². The van der Waals surface area contributed by atoms with E-state index in [9.17, 15) is 9.59 Å². The topological polar surface area (TPSA) is 71.0 Å². The molecule has 0 saturated carbocycles. The zero-order chi connectivity index (χ0) is 15.5. The Morgan fingerprint density at radius 3 is 2.52 bits per heavy atom. The third-order valence-corrected chi connectivity index (χ3v) is 3.44. The van der Waals surface area contributed by atoms with Gasteiger partial charge in [-0.2, -0.15) is 0 Å². The molecule has 0 radical (unpaired) electrons. The minimum absolute atomic E-state index is 0.228. The summed E-state index contributed by atoms with van der Waals surface area (Å²) in [7, 11) is 0. The van der Waals surface area contributed by atoms with Crippen molar-refractivity contribution in [1.82, 2.24) is 10.2 Å². The van der Waals surface area contributed by atoms with Gasteiger partial charge in [-0.1, -0.05) is 31.8 Å². The molecular formula is C15H27N3O3. The van der Waals surface area contributed by atoms with E-state index >= 15 is 0 Å². The van der Waals surface area contributed by atoms with E-state index in [-0.39, 0.29) is 5.91 Å². The second kappa shape index (κ2) is 10.2. The lowest BCUT2D eigenvalue weighted by molar-refractivity contribution is -0.114. The van der Waals surface area contributed by atoms with Crippen molar-refractivity contribution in [1.29, 1.82) is 0 Å². The van der Waals surface area contributed by atoms with Gasteiger partial charge in [-0.3, -0.25) is 9.63 Å². The second-order valence-corrected chi connectivity index (χ2v) is 5.30. The minimum Gasteiger partial charge on any atom is -0.351 e. The number of rotatable bonds is 7. The Morgan fingerprint density at radius 1 is 1.24 bits per heavy atom. The third-order valence-electron chi connectivity index (χ3n) is 3.44. The monoisotopic (exact) mass is 297 g/mol. The molecular weight excluding hydrogens is 270 g/mol. The predicted octanol–water partition coefficient (Wildman–Crippen LogP) is 2.68. The Hall–Kier alpha value is -1.59. The highest BCUT2D eigenvalue weighted by Gasteiger charge is 2.18. The summed E-state index contributed by atoms with van der Waals surface area (Å²) in [6.45, 7) is 6.17. The van der Waals surface area contributed by atoms with Gasteiger partial charge in [-0.25, -0.2) is 4.79 Å². The number of hydrogen-bond donors (Lipinski definition) is 1. The molecule has 0 unspecified atom stereocenters. The van der Waals surface area contributed by atoms with Crippen LogP contribution in [0.2, 0.25) is 0 Å². The van der Waals surface area contributed by atoms with Gasteiger partial charge in [0.05, 0.1) is 0 Å². The molecule has 21 heavy (non-hydrogen) atoms. The Labute approximate surface area is 126 Å². The highest BCUT2D eigenvalue weighted by Crippen LogP contribution is 2.06. The maximum Gasteiger partial charge on any atom is 0.435 e. The number of unbranched alkanes of at least 4 members (excludes halogenated alkanes) is 2. The molecule has 1 saturated heterocycles. The summed E-state index contributed by atoms with van der Waals surface area (Å²) >= 11 is 0. The van der Waals surface area contributed by atoms with Crippen molar-refractivity contribution in [3.05, 3.63) is 0 Å². The van der Waals surface area contributed by atoms with E-state index < -0.39 is 6.09 Å². The van der Waals surface area contributed by atoms with E-state index in [1.54, 1.807) is 4.90 Å². The van der Waals surface area contributed by atoms with Crippen LogP contribution in [0.15, 0.2) is 5.16 Å². The molecule has 6 heteroatoms. The first-order valence-electron chi connectivity index (χ1n) is 8.00. The number of nitrogens with zero attached hydrogens (tertiary/aromatic N) is 2. The molecule has 0 aromatic rings. The van der Waals surface area contributed by atoms with Crippen LogP contribution in [0.25, 0.3) is 0 Å². The van der Waals surface area contributed by atoms with Gasteiger partial charge in [-0.15, -0.1) is 0 Å². The van der Waals surface area contributed by atoms with Gasteiger partial charge in [0, 0.05) is 19.6 Å². The van der Waals surface area contributed by atoms with Crippen LogP contribution in [0.5, 0.6) is 0 Å². The van der Waals surface area contributed by atoms with Crippen molar-refractivity contribution in [2.75, 3.05) is 19.6 Å². The molecule has 120 valence electrons. The number of carbonyl (C=O) groups is 2. The zero-order valence-corrected chi connectivity index (χ0v) is 13.2. The van der Waals surface area contributed by atoms with E-state index in [0.29, 0.717) is 31.8 Å². The maximum absolute atomic E-state index is 12.1. The van der Waals surface area contributed by atoms with Gasteiger partial charge in [-0.05, 0) is 32.1 Å². The van der Waals surface area contributed by atoms with Gasteiger partial charge >= 0.3 is 6.09 Å². The van der Waals surface area contributed by atoms with Crippen molar-refractivity contribution in [3.8, 4) is 0 Å². The normalized spacial score (nSPS) is 17.2. The van der Waals surface area contributed by atoms with Crippen LogP contribution in [0.3, 0.4) is 0 Å². The fourth-order valence-corrected chi connectivity index (χ4v) is 2.07. The fraction of sp³-hybridized carbons (Fsp3) is 0.800. The Kier molecular flexibility index (Phi) is 8.47. The molecule has 0 atom stereocenters. The van der Waals surface area contributed by atoms with Crippen molar-refractivity contribution >= 4 is 17.7 Å². The van der Waals surface area contributed by atoms with Crippen LogP contribution in [0.4, 0.5) is 4.79 Å². The molecule has 0 spiro atoms. The highest BCUT2D eigenvalue weighted by molar-refractivity contribution is 6.38. The maximum atomic E-state index is 12.1. The average Bonchev–Trinajstić information content (AvgIpc) is 2.69. The Balaban J connectivity index is 2.55. The fourth-order valence-electron chi connectivity index (χ4n) is 2.07. The van der Waals surface area contributed by atoms with E-state index in [4.69, 9.17) is 4.84 Å². The second-order valence-electron chi connectivity index (χ2n) is 5.30. The number of carbonyl (C=O) groups excluding carboxylic acids is 2. The lowest BCUT2D eigenvalue weighted by Crippen LogP contribution is -2.34. The molecule has 6 nitrogen and oxygen atoms in total. The van der Waals surface area contributed by atoms with Crippen molar-refractivity contribution < 1.29 is 14.4 Å². The van der Waals surface area contributed by atoms with Crippen molar-refractivity contribution in [2.24, 2.45) is 5.16 Å². The summed E-state index contributed by atoms with van der Waals surface area (Å²) in [5, 5.41) is 6.52. The summed E-state index contributed by atoms with van der Waals surface area (Å²) in [5.41, 5.74) is 0.312. The van der Waals surface area contributed by atoms with Gasteiger partial charge in [0.1, 0.15) is 5.71 Å². The smallest absolute Gasteiger partial charge is 0.351 e. The SMILES string of the molecule is CCCCN(CCCC)C(=O)ON=C1CCCCNC1=O. The molecule has 1 N–H and O–H groups in total. The molecule has 0 aliphatic carbocycles. The summed E-state index contributed by atoms with van der Waals surface area (Å²) < 4.78 is 0. The van der Waals surface area contributed by atoms with Gasteiger partial charge in [0.25, 0.3) is 5.91 Å². The summed E-state index contributed by atoms with van der Waals surface area (Å²) in [6.07, 6.45) is 5.83. The molecule has 0 aromatic heterocycles. The van der Waals surface area contributed by atoms with Gasteiger partial charge < -0.3 is 10.2 Å². The van der Waals surface area contributed by atoms with Gasteiger partial charge in [0.2, 0.25) is 0 Å². The molecule has 2 amide bonds. The van der Waals surface area contributed by atoms with E-state index in [1.165, 1.54) is 0 Å². The average molecular weight is 297 g/mol. The van der Waals surface area contributed by atoms with Gasteiger partial charge in [0.15, 0.2) is 0 Å². The van der Waals surface area contributed by atoms with E-state index in [0.717, 1.165) is 38.5 Å². The molecule has 0 bridgehead atoms. The van der Waals surface area contributed by atoms with Crippen LogP contribution in [-0.2, 0) is 9.63 Å². The Bertz CT molecular complexity index is 361. The van der Waals surface area contributed by atoms with E-state index in [1.807, 2.05) is 0 Å². The molecule has 0 aromatic carbocycles. The lowest BCUT2D eigenvalue weighted by atomic mass is 10.2. The van der Waals surface area contributed by atoms with Crippen LogP contribution >= 0.6 is 0 Å². The van der Waals surface area contributed by atoms with Crippen LogP contribution in [0.1, 0.15) is 58.8 Å². The molecule has 1 aliphatic rings. The lowest BCUT2D eigenvalue weighted by Gasteiger charge is -2.19. The van der Waals surface area contributed by atoms with Crippen LogP contribution in [-0.4, -0.2) is 42.2 Å². The first-order valence-corrected chi connectivity index (χ1v) is 8.00. The number of oxime groups is 1. The first kappa shape index (κ1) is 17.5. The minimum atomic E-state index is -0.457. The standard InChI is InChI=1S/C15H27N3O3/c1-3-5-11-18(12-6-4-2)15(20)21-17-13-9-7-8-10-16-14(13)19/h3-12H2,1-2H3,(H,16,19). The third kappa shape index (κ3) is 6.60. The van der Waals surface area contributed by atoms with Crippen molar-refractivity contribution in [2.45, 2.75) is 58.8 Å².